The highest BCUT2D eigenvalue weighted by Gasteiger charge is 2.34. The van der Waals surface area contributed by atoms with Crippen LogP contribution in [0.5, 0.6) is 0 Å². The standard InChI is InChI=1S/C23H30N2O5/c1-9-28-15(2)16-10-11-18-17(14-16)12-13-24-19(18)25(20(26)29-22(3,4)5)21(27)30-23(6,7)8/h10-14H,2,9H2,1,3-8H3. The van der Waals surface area contributed by atoms with Crippen LogP contribution in [-0.4, -0.2) is 35.0 Å². The molecule has 0 aliphatic carbocycles. The van der Waals surface area contributed by atoms with Crippen LogP contribution in [0.1, 0.15) is 54.0 Å². The summed E-state index contributed by atoms with van der Waals surface area (Å²) in [6, 6.07) is 7.21. The largest absolute Gasteiger partial charge is 0.494 e. The minimum atomic E-state index is -0.862. The number of nitrogens with zero attached hydrogens (tertiary/aromatic N) is 2. The van der Waals surface area contributed by atoms with Crippen molar-refractivity contribution in [3.05, 3.63) is 42.6 Å². The van der Waals surface area contributed by atoms with E-state index in [1.165, 1.54) is 6.20 Å². The molecule has 1 heterocycles. The molecular weight excluding hydrogens is 384 g/mol. The first-order valence-corrected chi connectivity index (χ1v) is 9.79. The number of benzene rings is 1. The molecule has 0 spiro atoms. The highest BCUT2D eigenvalue weighted by atomic mass is 16.6. The Kier molecular flexibility index (Phi) is 6.75. The van der Waals surface area contributed by atoms with Crippen LogP contribution >= 0.6 is 0 Å². The molecule has 7 heteroatoms. The van der Waals surface area contributed by atoms with E-state index in [0.29, 0.717) is 17.8 Å². The number of hydrogen-bond donors (Lipinski definition) is 0. The molecule has 0 unspecified atom stereocenters. The zero-order valence-corrected chi connectivity index (χ0v) is 18.7. The molecule has 2 rings (SSSR count). The molecule has 30 heavy (non-hydrogen) atoms. The van der Waals surface area contributed by atoms with Crippen molar-refractivity contribution in [1.82, 2.24) is 4.98 Å². The topological polar surface area (TPSA) is 78.0 Å². The van der Waals surface area contributed by atoms with Crippen LogP contribution in [0.4, 0.5) is 15.4 Å². The van der Waals surface area contributed by atoms with E-state index in [2.05, 4.69) is 11.6 Å². The van der Waals surface area contributed by atoms with Crippen LogP contribution in [0.3, 0.4) is 0 Å². The lowest BCUT2D eigenvalue weighted by atomic mass is 10.1. The SMILES string of the molecule is C=C(OCC)c1ccc2c(N(C(=O)OC(C)(C)C)C(=O)OC(C)(C)C)nccc2c1. The van der Waals surface area contributed by atoms with Crippen molar-refractivity contribution < 1.29 is 23.8 Å². The fourth-order valence-electron chi connectivity index (χ4n) is 2.63. The lowest BCUT2D eigenvalue weighted by Gasteiger charge is -2.28. The van der Waals surface area contributed by atoms with Crippen molar-refractivity contribution in [2.45, 2.75) is 59.7 Å². The van der Waals surface area contributed by atoms with E-state index in [9.17, 15) is 9.59 Å². The monoisotopic (exact) mass is 414 g/mol. The fraction of sp³-hybridized carbons (Fsp3) is 0.435. The molecule has 0 N–H and O–H groups in total. The molecule has 0 saturated heterocycles. The maximum absolute atomic E-state index is 12.9. The van der Waals surface area contributed by atoms with E-state index < -0.39 is 23.4 Å². The normalized spacial score (nSPS) is 11.7. The first kappa shape index (κ1) is 23.2. The summed E-state index contributed by atoms with van der Waals surface area (Å²) in [7, 11) is 0. The van der Waals surface area contributed by atoms with Gasteiger partial charge in [0.1, 0.15) is 17.0 Å². The summed E-state index contributed by atoms with van der Waals surface area (Å²) in [4.78, 5) is 31.0. The second-order valence-electron chi connectivity index (χ2n) is 8.72. The van der Waals surface area contributed by atoms with Gasteiger partial charge in [0.25, 0.3) is 0 Å². The van der Waals surface area contributed by atoms with Crippen LogP contribution in [0.15, 0.2) is 37.0 Å². The maximum atomic E-state index is 12.9. The third kappa shape index (κ3) is 5.95. The summed E-state index contributed by atoms with van der Waals surface area (Å²) < 4.78 is 16.4. The molecule has 0 atom stereocenters. The Morgan fingerprint density at radius 2 is 1.57 bits per heavy atom. The predicted molar refractivity (Wildman–Crippen MR) is 117 cm³/mol. The molecule has 1 aromatic heterocycles. The van der Waals surface area contributed by atoms with E-state index in [1.54, 1.807) is 59.7 Å². The lowest BCUT2D eigenvalue weighted by Crippen LogP contribution is -2.44. The number of ether oxygens (including phenoxy) is 3. The Labute approximate surface area is 177 Å². The first-order chi connectivity index (χ1) is 13.8. The summed E-state index contributed by atoms with van der Waals surface area (Å²) in [6.45, 7) is 16.6. The molecule has 0 bridgehead atoms. The average Bonchev–Trinajstić information content (AvgIpc) is 2.58. The Bertz CT molecular complexity index is 926. The van der Waals surface area contributed by atoms with Crippen molar-refractivity contribution in [1.29, 1.82) is 0 Å². The third-order valence-electron chi connectivity index (χ3n) is 3.75. The number of anilines is 1. The van der Waals surface area contributed by atoms with Gasteiger partial charge in [-0.25, -0.2) is 14.6 Å². The number of hydrogen-bond acceptors (Lipinski definition) is 6. The van der Waals surface area contributed by atoms with Crippen molar-refractivity contribution in [2.24, 2.45) is 0 Å². The number of pyridine rings is 1. The van der Waals surface area contributed by atoms with Crippen LogP contribution in [-0.2, 0) is 14.2 Å². The highest BCUT2D eigenvalue weighted by Crippen LogP contribution is 2.30. The first-order valence-electron chi connectivity index (χ1n) is 9.79. The molecule has 7 nitrogen and oxygen atoms in total. The van der Waals surface area contributed by atoms with Gasteiger partial charge in [-0.2, -0.15) is 4.90 Å². The Morgan fingerprint density at radius 1 is 1.00 bits per heavy atom. The summed E-state index contributed by atoms with van der Waals surface area (Å²) in [6.07, 6.45) is -0.203. The molecule has 1 aromatic carbocycles. The molecule has 0 fully saturated rings. The van der Waals surface area contributed by atoms with Gasteiger partial charge in [0.2, 0.25) is 0 Å². The van der Waals surface area contributed by atoms with Gasteiger partial charge in [0, 0.05) is 17.1 Å². The zero-order chi connectivity index (χ0) is 22.7. The average molecular weight is 415 g/mol. The van der Waals surface area contributed by atoms with Gasteiger partial charge < -0.3 is 14.2 Å². The van der Waals surface area contributed by atoms with Crippen molar-refractivity contribution in [3.63, 3.8) is 0 Å². The van der Waals surface area contributed by atoms with E-state index in [0.717, 1.165) is 15.8 Å². The van der Waals surface area contributed by atoms with Crippen molar-refractivity contribution >= 4 is 34.5 Å². The summed E-state index contributed by atoms with van der Waals surface area (Å²) in [5, 5.41) is 1.35. The molecule has 0 saturated carbocycles. The lowest BCUT2D eigenvalue weighted by molar-refractivity contribution is 0.0429. The number of rotatable bonds is 4. The highest BCUT2D eigenvalue weighted by molar-refractivity contribution is 6.13. The number of fused-ring (bicyclic) bond motifs is 1. The van der Waals surface area contributed by atoms with Gasteiger partial charge in [-0.05, 0) is 72.1 Å². The van der Waals surface area contributed by atoms with Gasteiger partial charge in [-0.15, -0.1) is 0 Å². The quantitative estimate of drug-likeness (QED) is 0.578. The Hall–Kier alpha value is -3.09. The van der Waals surface area contributed by atoms with Gasteiger partial charge in [0.15, 0.2) is 5.82 Å². The summed E-state index contributed by atoms with van der Waals surface area (Å²) in [5.41, 5.74) is -0.808. The zero-order valence-electron chi connectivity index (χ0n) is 18.7. The smallest absolute Gasteiger partial charge is 0.425 e. The third-order valence-corrected chi connectivity index (χ3v) is 3.75. The molecule has 0 radical (unpaired) electrons. The van der Waals surface area contributed by atoms with Crippen molar-refractivity contribution in [3.8, 4) is 0 Å². The van der Waals surface area contributed by atoms with E-state index >= 15 is 0 Å². The summed E-state index contributed by atoms with van der Waals surface area (Å²) in [5.74, 6) is 0.665. The van der Waals surface area contributed by atoms with Gasteiger partial charge in [0.05, 0.1) is 6.61 Å². The Morgan fingerprint density at radius 3 is 2.07 bits per heavy atom. The van der Waals surface area contributed by atoms with Crippen LogP contribution in [0.2, 0.25) is 0 Å². The number of imide groups is 1. The minimum Gasteiger partial charge on any atom is -0.494 e. The van der Waals surface area contributed by atoms with E-state index in [1.807, 2.05) is 13.0 Å². The summed E-state index contributed by atoms with van der Waals surface area (Å²) >= 11 is 0. The number of carbonyl (C=O) groups excluding carboxylic acids is 2. The predicted octanol–water partition coefficient (Wildman–Crippen LogP) is 5.92. The van der Waals surface area contributed by atoms with E-state index in [-0.39, 0.29) is 5.82 Å². The van der Waals surface area contributed by atoms with Gasteiger partial charge in [-0.3, -0.25) is 0 Å². The van der Waals surface area contributed by atoms with Crippen molar-refractivity contribution in [2.75, 3.05) is 11.5 Å². The number of amides is 2. The molecule has 0 aliphatic heterocycles. The Balaban J connectivity index is 2.57. The number of aromatic nitrogens is 1. The molecule has 2 amide bonds. The van der Waals surface area contributed by atoms with E-state index in [4.69, 9.17) is 14.2 Å². The fourth-order valence-corrected chi connectivity index (χ4v) is 2.63. The number of carbonyl (C=O) groups is 2. The minimum absolute atomic E-state index is 0.129. The molecule has 2 aromatic rings. The van der Waals surface area contributed by atoms with Crippen LogP contribution in [0, 0.1) is 0 Å². The van der Waals surface area contributed by atoms with Crippen LogP contribution < -0.4 is 4.90 Å². The van der Waals surface area contributed by atoms with Gasteiger partial charge >= 0.3 is 12.2 Å². The van der Waals surface area contributed by atoms with Gasteiger partial charge in [-0.1, -0.05) is 12.6 Å². The second kappa shape index (κ2) is 8.73. The molecular formula is C23H30N2O5. The molecule has 162 valence electrons. The maximum Gasteiger partial charge on any atom is 0.425 e. The van der Waals surface area contributed by atoms with Crippen LogP contribution in [0.25, 0.3) is 16.5 Å². The molecule has 0 aliphatic rings. The second-order valence-corrected chi connectivity index (χ2v) is 8.72.